The Bertz CT molecular complexity index is 726. The quantitative estimate of drug-likeness (QED) is 0.362. The van der Waals surface area contributed by atoms with E-state index < -0.39 is 8.07 Å². The molecule has 0 amide bonds. The molecule has 8 heteroatoms. The molecule has 0 spiro atoms. The molecule has 0 atom stereocenters. The summed E-state index contributed by atoms with van der Waals surface area (Å²) in [5, 5.41) is 0.807. The van der Waals surface area contributed by atoms with Crippen molar-refractivity contribution >= 4 is 25.8 Å². The number of rotatable bonds is 9. The minimum atomic E-state index is -1.10. The van der Waals surface area contributed by atoms with Gasteiger partial charge >= 0.3 is 5.97 Å². The molecule has 0 saturated carbocycles. The van der Waals surface area contributed by atoms with Crippen LogP contribution < -0.4 is 4.74 Å². The summed E-state index contributed by atoms with van der Waals surface area (Å²) in [6.45, 7) is 8.15. The molecule has 0 aliphatic heterocycles. The van der Waals surface area contributed by atoms with Crippen molar-refractivity contribution in [2.75, 3.05) is 20.8 Å². The van der Waals surface area contributed by atoms with E-state index in [1.54, 1.807) is 19.2 Å². The Kier molecular flexibility index (Phi) is 7.30. The van der Waals surface area contributed by atoms with Gasteiger partial charge < -0.3 is 14.2 Å². The van der Waals surface area contributed by atoms with Gasteiger partial charge in [-0.3, -0.25) is 4.57 Å². The summed E-state index contributed by atoms with van der Waals surface area (Å²) in [6, 6.07) is 8.86. The zero-order valence-electron chi connectivity index (χ0n) is 15.9. The summed E-state index contributed by atoms with van der Waals surface area (Å²) in [4.78, 5) is 16.9. The first-order valence-corrected chi connectivity index (χ1v) is 12.9. The molecule has 26 heavy (non-hydrogen) atoms. The molecule has 142 valence electrons. The van der Waals surface area contributed by atoms with Crippen LogP contribution in [-0.4, -0.2) is 44.4 Å². The number of aromatic nitrogens is 2. The van der Waals surface area contributed by atoms with Crippen LogP contribution >= 0.6 is 11.8 Å². The van der Waals surface area contributed by atoms with Gasteiger partial charge in [0, 0.05) is 25.8 Å². The Balaban J connectivity index is 1.97. The van der Waals surface area contributed by atoms with Gasteiger partial charge in [0.15, 0.2) is 0 Å². The van der Waals surface area contributed by atoms with E-state index in [1.807, 2.05) is 22.9 Å². The number of hydrogen-bond acceptors (Lipinski definition) is 6. The first kappa shape index (κ1) is 20.5. The van der Waals surface area contributed by atoms with Crippen molar-refractivity contribution in [3.05, 3.63) is 36.0 Å². The van der Waals surface area contributed by atoms with Crippen molar-refractivity contribution in [3.8, 4) is 6.01 Å². The largest absolute Gasteiger partial charge is 0.468 e. The number of carbonyl (C=O) groups is 1. The monoisotopic (exact) mass is 394 g/mol. The molecule has 0 unspecified atom stereocenters. The fourth-order valence-electron chi connectivity index (χ4n) is 2.12. The second-order valence-corrected chi connectivity index (χ2v) is 13.7. The average molecular weight is 395 g/mol. The van der Waals surface area contributed by atoms with Gasteiger partial charge in [0.25, 0.3) is 6.01 Å². The van der Waals surface area contributed by atoms with Gasteiger partial charge in [0.2, 0.25) is 0 Å². The highest BCUT2D eigenvalue weighted by Crippen LogP contribution is 2.29. The second kappa shape index (κ2) is 9.25. The highest BCUT2D eigenvalue weighted by molar-refractivity contribution is 7.99. The van der Waals surface area contributed by atoms with Gasteiger partial charge in [-0.2, -0.15) is 4.98 Å². The average Bonchev–Trinajstić information content (AvgIpc) is 2.99. The summed E-state index contributed by atoms with van der Waals surface area (Å²) in [5.41, 5.74) is 0.524. The molecule has 1 heterocycles. The number of benzene rings is 1. The number of nitrogens with zero attached hydrogens (tertiary/aromatic N) is 2. The van der Waals surface area contributed by atoms with Crippen LogP contribution in [0.1, 0.15) is 10.4 Å². The third-order valence-electron chi connectivity index (χ3n) is 3.62. The van der Waals surface area contributed by atoms with Crippen LogP contribution in [0, 0.1) is 0 Å². The van der Waals surface area contributed by atoms with E-state index >= 15 is 0 Å². The van der Waals surface area contributed by atoms with Crippen LogP contribution in [0.3, 0.4) is 0 Å². The molecule has 2 rings (SSSR count). The zero-order chi connectivity index (χ0) is 19.2. The summed E-state index contributed by atoms with van der Waals surface area (Å²) in [7, 11) is 1.87. The molecule has 1 aromatic heterocycles. The van der Waals surface area contributed by atoms with E-state index in [1.165, 1.54) is 18.9 Å². The maximum absolute atomic E-state index is 11.5. The minimum absolute atomic E-state index is 0.344. The molecule has 0 fully saturated rings. The van der Waals surface area contributed by atoms with E-state index in [4.69, 9.17) is 14.2 Å². The lowest BCUT2D eigenvalue weighted by atomic mass is 10.2. The van der Waals surface area contributed by atoms with Crippen molar-refractivity contribution in [1.82, 2.24) is 9.55 Å². The molecular weight excluding hydrogens is 368 g/mol. The van der Waals surface area contributed by atoms with E-state index in [-0.39, 0.29) is 5.97 Å². The maximum atomic E-state index is 11.5. The SMILES string of the molecule is COC(=O)c1ccc(Sc2cn(COCC[Si](C)(C)C)c(OC)n2)cc1. The summed E-state index contributed by atoms with van der Waals surface area (Å²) < 4.78 is 17.7. The maximum Gasteiger partial charge on any atom is 0.337 e. The number of carbonyl (C=O) groups excluding carboxylic acids is 1. The van der Waals surface area contributed by atoms with Crippen LogP contribution in [0.2, 0.25) is 25.7 Å². The van der Waals surface area contributed by atoms with Gasteiger partial charge in [-0.1, -0.05) is 31.4 Å². The number of esters is 1. The van der Waals surface area contributed by atoms with Crippen molar-refractivity contribution in [3.63, 3.8) is 0 Å². The Morgan fingerprint density at radius 3 is 2.46 bits per heavy atom. The lowest BCUT2D eigenvalue weighted by molar-refractivity contribution is 0.0600. The second-order valence-electron chi connectivity index (χ2n) is 7.00. The summed E-state index contributed by atoms with van der Waals surface area (Å²) in [5.74, 6) is -0.344. The Hall–Kier alpha value is -1.77. The first-order chi connectivity index (χ1) is 12.3. The highest BCUT2D eigenvalue weighted by Gasteiger charge is 2.14. The molecule has 0 radical (unpaired) electrons. The smallest absolute Gasteiger partial charge is 0.337 e. The topological polar surface area (TPSA) is 62.6 Å². The predicted octanol–water partition coefficient (Wildman–Crippen LogP) is 4.14. The van der Waals surface area contributed by atoms with Gasteiger partial charge in [-0.05, 0) is 30.3 Å². The van der Waals surface area contributed by atoms with Crippen LogP contribution in [-0.2, 0) is 16.2 Å². The van der Waals surface area contributed by atoms with Gasteiger partial charge in [-0.25, -0.2) is 4.79 Å². The fourth-order valence-corrected chi connectivity index (χ4v) is 3.69. The van der Waals surface area contributed by atoms with Gasteiger partial charge in [0.05, 0.1) is 19.8 Å². The zero-order valence-corrected chi connectivity index (χ0v) is 17.8. The lowest BCUT2D eigenvalue weighted by Crippen LogP contribution is -2.22. The normalized spacial score (nSPS) is 11.4. The van der Waals surface area contributed by atoms with Crippen molar-refractivity contribution in [2.24, 2.45) is 0 Å². The third kappa shape index (κ3) is 6.19. The molecule has 0 aliphatic rings. The van der Waals surface area contributed by atoms with E-state index in [0.29, 0.717) is 18.3 Å². The number of hydrogen-bond donors (Lipinski definition) is 0. The van der Waals surface area contributed by atoms with E-state index in [0.717, 1.165) is 22.6 Å². The summed E-state index contributed by atoms with van der Waals surface area (Å²) in [6.07, 6.45) is 1.91. The van der Waals surface area contributed by atoms with Crippen LogP contribution in [0.4, 0.5) is 0 Å². The predicted molar refractivity (Wildman–Crippen MR) is 105 cm³/mol. The van der Waals surface area contributed by atoms with Gasteiger partial charge in [-0.15, -0.1) is 0 Å². The first-order valence-electron chi connectivity index (χ1n) is 8.37. The molecule has 1 aromatic carbocycles. The van der Waals surface area contributed by atoms with E-state index in [2.05, 4.69) is 24.6 Å². The number of imidazole rings is 1. The molecule has 2 aromatic rings. The molecule has 0 N–H and O–H groups in total. The van der Waals surface area contributed by atoms with Crippen molar-refractivity contribution in [2.45, 2.75) is 42.3 Å². The molecule has 0 aliphatic carbocycles. The number of methoxy groups -OCH3 is 2. The summed E-state index contributed by atoms with van der Waals surface area (Å²) >= 11 is 1.50. The third-order valence-corrected chi connectivity index (χ3v) is 6.24. The fraction of sp³-hybridized carbons (Fsp3) is 0.444. The molecule has 6 nitrogen and oxygen atoms in total. The van der Waals surface area contributed by atoms with Crippen molar-refractivity contribution < 1.29 is 19.0 Å². The Labute approximate surface area is 159 Å². The van der Waals surface area contributed by atoms with E-state index in [9.17, 15) is 4.79 Å². The van der Waals surface area contributed by atoms with Crippen LogP contribution in [0.15, 0.2) is 40.4 Å². The molecule has 0 saturated heterocycles. The standard InChI is InChI=1S/C18H26N2O4SSi/c1-22-17(21)14-6-8-15(9-7-14)25-16-12-20(18(19-16)23-2)13-24-10-11-26(3,4)5/h6-9,12H,10-11,13H2,1-5H3. The van der Waals surface area contributed by atoms with Crippen molar-refractivity contribution in [1.29, 1.82) is 0 Å². The lowest BCUT2D eigenvalue weighted by Gasteiger charge is -2.15. The van der Waals surface area contributed by atoms with Crippen LogP contribution in [0.5, 0.6) is 6.01 Å². The number of ether oxygens (including phenoxy) is 3. The molecule has 0 bridgehead atoms. The Morgan fingerprint density at radius 2 is 1.88 bits per heavy atom. The highest BCUT2D eigenvalue weighted by atomic mass is 32.2. The Morgan fingerprint density at radius 1 is 1.19 bits per heavy atom. The van der Waals surface area contributed by atoms with Crippen LogP contribution in [0.25, 0.3) is 0 Å². The minimum Gasteiger partial charge on any atom is -0.468 e. The molecular formula is C18H26N2O4SSi. The van der Waals surface area contributed by atoms with Gasteiger partial charge in [0.1, 0.15) is 11.8 Å².